The molecule has 0 amide bonds. The number of nitrogens with two attached hydrogens (primary N) is 1. The van der Waals surface area contributed by atoms with Crippen LogP contribution in [0.5, 0.6) is 5.88 Å². The SMILES string of the molecule is N[C@H](C=O)Cc1c(O)[nH]c2ccccc12. The molecule has 15 heavy (non-hydrogen) atoms. The molecule has 4 N–H and O–H groups in total. The number of fused-ring (bicyclic) bond motifs is 1. The topological polar surface area (TPSA) is 79.1 Å². The first-order valence-corrected chi connectivity index (χ1v) is 4.72. The van der Waals surface area contributed by atoms with Gasteiger partial charge in [-0.1, -0.05) is 18.2 Å². The minimum atomic E-state index is -0.574. The fourth-order valence-corrected chi connectivity index (χ4v) is 1.68. The van der Waals surface area contributed by atoms with Crippen molar-refractivity contribution in [3.8, 4) is 5.88 Å². The number of aromatic nitrogens is 1. The molecule has 78 valence electrons. The molecular weight excluding hydrogens is 192 g/mol. The Hall–Kier alpha value is -1.81. The van der Waals surface area contributed by atoms with Crippen molar-refractivity contribution in [2.24, 2.45) is 5.73 Å². The van der Waals surface area contributed by atoms with Crippen LogP contribution >= 0.6 is 0 Å². The van der Waals surface area contributed by atoms with E-state index in [1.54, 1.807) is 0 Å². The lowest BCUT2D eigenvalue weighted by atomic mass is 10.1. The third-order valence-electron chi connectivity index (χ3n) is 2.41. The van der Waals surface area contributed by atoms with Gasteiger partial charge in [0.25, 0.3) is 0 Å². The molecule has 1 aromatic carbocycles. The first-order valence-electron chi connectivity index (χ1n) is 4.72. The number of rotatable bonds is 3. The van der Waals surface area contributed by atoms with E-state index < -0.39 is 6.04 Å². The zero-order chi connectivity index (χ0) is 10.8. The molecule has 0 radical (unpaired) electrons. The fraction of sp³-hybridized carbons (Fsp3) is 0.182. The number of aldehydes is 1. The van der Waals surface area contributed by atoms with Gasteiger partial charge in [-0.05, 0) is 6.07 Å². The summed E-state index contributed by atoms with van der Waals surface area (Å²) in [5.41, 5.74) is 7.08. The Bertz CT molecular complexity index is 490. The van der Waals surface area contributed by atoms with Crippen LogP contribution in [0.3, 0.4) is 0 Å². The number of carbonyl (C=O) groups is 1. The Morgan fingerprint density at radius 2 is 2.20 bits per heavy atom. The van der Waals surface area contributed by atoms with Crippen molar-refractivity contribution < 1.29 is 9.90 Å². The third-order valence-corrected chi connectivity index (χ3v) is 2.41. The normalized spacial score (nSPS) is 12.9. The summed E-state index contributed by atoms with van der Waals surface area (Å²) in [5, 5.41) is 10.6. The van der Waals surface area contributed by atoms with E-state index in [4.69, 9.17) is 5.73 Å². The molecule has 1 heterocycles. The molecule has 0 fully saturated rings. The van der Waals surface area contributed by atoms with Crippen LogP contribution in [0.25, 0.3) is 10.9 Å². The predicted molar refractivity (Wildman–Crippen MR) is 57.7 cm³/mol. The van der Waals surface area contributed by atoms with Gasteiger partial charge in [0.1, 0.15) is 6.29 Å². The monoisotopic (exact) mass is 204 g/mol. The van der Waals surface area contributed by atoms with Crippen LogP contribution in [0.4, 0.5) is 0 Å². The number of carbonyl (C=O) groups excluding carboxylic acids is 1. The Labute approximate surface area is 86.7 Å². The fourth-order valence-electron chi connectivity index (χ4n) is 1.68. The minimum Gasteiger partial charge on any atom is -0.494 e. The Kier molecular flexibility index (Phi) is 2.43. The Morgan fingerprint density at radius 1 is 1.47 bits per heavy atom. The number of H-pyrrole nitrogens is 1. The lowest BCUT2D eigenvalue weighted by Crippen LogP contribution is -2.23. The smallest absolute Gasteiger partial charge is 0.192 e. The van der Waals surface area contributed by atoms with E-state index in [1.807, 2.05) is 24.3 Å². The number of benzene rings is 1. The van der Waals surface area contributed by atoms with E-state index in [-0.39, 0.29) is 5.88 Å². The van der Waals surface area contributed by atoms with E-state index in [0.717, 1.165) is 10.9 Å². The van der Waals surface area contributed by atoms with Crippen LogP contribution < -0.4 is 5.73 Å². The lowest BCUT2D eigenvalue weighted by molar-refractivity contribution is -0.108. The van der Waals surface area contributed by atoms with Gasteiger partial charge in [-0.25, -0.2) is 0 Å². The molecule has 0 aliphatic rings. The average molecular weight is 204 g/mol. The van der Waals surface area contributed by atoms with Crippen LogP contribution in [0.1, 0.15) is 5.56 Å². The van der Waals surface area contributed by atoms with Gasteiger partial charge in [0, 0.05) is 22.9 Å². The maximum absolute atomic E-state index is 10.5. The van der Waals surface area contributed by atoms with Gasteiger partial charge in [0.05, 0.1) is 6.04 Å². The average Bonchev–Trinajstić information content (AvgIpc) is 2.55. The van der Waals surface area contributed by atoms with Crippen molar-refractivity contribution >= 4 is 17.2 Å². The van der Waals surface area contributed by atoms with Crippen LogP contribution in [-0.4, -0.2) is 22.4 Å². The number of nitrogens with one attached hydrogen (secondary N) is 1. The quantitative estimate of drug-likeness (QED) is 0.651. The summed E-state index contributed by atoms with van der Waals surface area (Å²) in [6, 6.07) is 6.94. The van der Waals surface area contributed by atoms with E-state index in [0.29, 0.717) is 18.3 Å². The van der Waals surface area contributed by atoms with Crippen LogP contribution in [0.15, 0.2) is 24.3 Å². The number of aromatic amines is 1. The highest BCUT2D eigenvalue weighted by Gasteiger charge is 2.12. The van der Waals surface area contributed by atoms with Crippen molar-refractivity contribution in [1.29, 1.82) is 0 Å². The summed E-state index contributed by atoms with van der Waals surface area (Å²) in [6.07, 6.45) is 1.03. The summed E-state index contributed by atoms with van der Waals surface area (Å²) in [5.74, 6) is 0.0912. The van der Waals surface area contributed by atoms with E-state index >= 15 is 0 Å². The number of para-hydroxylation sites is 1. The molecule has 0 aliphatic heterocycles. The minimum absolute atomic E-state index is 0.0912. The number of hydrogen-bond donors (Lipinski definition) is 3. The molecule has 0 aliphatic carbocycles. The number of hydrogen-bond acceptors (Lipinski definition) is 3. The summed E-state index contributed by atoms with van der Waals surface area (Å²) in [6.45, 7) is 0. The predicted octanol–water partition coefficient (Wildman–Crippen LogP) is 0.942. The van der Waals surface area contributed by atoms with Gasteiger partial charge < -0.3 is 20.6 Å². The summed E-state index contributed by atoms with van der Waals surface area (Å²) in [4.78, 5) is 13.3. The molecule has 0 saturated heterocycles. The van der Waals surface area contributed by atoms with Crippen molar-refractivity contribution in [3.63, 3.8) is 0 Å². The second-order valence-electron chi connectivity index (χ2n) is 3.50. The highest BCUT2D eigenvalue weighted by Crippen LogP contribution is 2.27. The molecule has 1 atom stereocenters. The molecule has 0 spiro atoms. The third kappa shape index (κ3) is 1.71. The summed E-state index contributed by atoms with van der Waals surface area (Å²) in [7, 11) is 0. The first-order chi connectivity index (χ1) is 7.22. The molecule has 4 nitrogen and oxygen atoms in total. The zero-order valence-corrected chi connectivity index (χ0v) is 8.10. The van der Waals surface area contributed by atoms with E-state index in [9.17, 15) is 9.90 Å². The second kappa shape index (κ2) is 3.74. The molecule has 4 heteroatoms. The molecule has 0 unspecified atom stereocenters. The van der Waals surface area contributed by atoms with E-state index in [2.05, 4.69) is 4.98 Å². The van der Waals surface area contributed by atoms with Crippen molar-refractivity contribution in [1.82, 2.24) is 4.98 Å². The van der Waals surface area contributed by atoms with Gasteiger partial charge >= 0.3 is 0 Å². The van der Waals surface area contributed by atoms with Gasteiger partial charge in [-0.3, -0.25) is 0 Å². The molecule has 2 aromatic rings. The van der Waals surface area contributed by atoms with Gasteiger partial charge in [-0.2, -0.15) is 0 Å². The van der Waals surface area contributed by atoms with Crippen molar-refractivity contribution in [3.05, 3.63) is 29.8 Å². The standard InChI is InChI=1S/C11H12N2O2/c12-7(6-14)5-9-8-3-1-2-4-10(8)13-11(9)15/h1-4,6-7,13,15H,5,12H2/t7-/m0/s1. The Morgan fingerprint density at radius 3 is 2.93 bits per heavy atom. The van der Waals surface area contributed by atoms with E-state index in [1.165, 1.54) is 0 Å². The molecular formula is C11H12N2O2. The van der Waals surface area contributed by atoms with Crippen LogP contribution in [0, 0.1) is 0 Å². The maximum Gasteiger partial charge on any atom is 0.192 e. The second-order valence-corrected chi connectivity index (χ2v) is 3.50. The van der Waals surface area contributed by atoms with Crippen LogP contribution in [-0.2, 0) is 11.2 Å². The summed E-state index contributed by atoms with van der Waals surface area (Å²) >= 11 is 0. The van der Waals surface area contributed by atoms with Gasteiger partial charge in [-0.15, -0.1) is 0 Å². The molecule has 0 bridgehead atoms. The van der Waals surface area contributed by atoms with Gasteiger partial charge in [0.2, 0.25) is 0 Å². The van der Waals surface area contributed by atoms with Crippen molar-refractivity contribution in [2.45, 2.75) is 12.5 Å². The molecule has 0 saturated carbocycles. The Balaban J connectivity index is 2.49. The number of aromatic hydroxyl groups is 1. The largest absolute Gasteiger partial charge is 0.494 e. The lowest BCUT2D eigenvalue weighted by Gasteiger charge is -2.02. The molecule has 1 aromatic heterocycles. The summed E-state index contributed by atoms with van der Waals surface area (Å²) < 4.78 is 0. The maximum atomic E-state index is 10.5. The van der Waals surface area contributed by atoms with Crippen molar-refractivity contribution in [2.75, 3.05) is 0 Å². The highest BCUT2D eigenvalue weighted by atomic mass is 16.3. The molecule has 2 rings (SSSR count). The first kappa shape index (κ1) is 9.73. The van der Waals surface area contributed by atoms with Gasteiger partial charge in [0.15, 0.2) is 5.88 Å². The zero-order valence-electron chi connectivity index (χ0n) is 8.10. The highest BCUT2D eigenvalue weighted by molar-refractivity contribution is 5.86. The van der Waals surface area contributed by atoms with Crippen LogP contribution in [0.2, 0.25) is 0 Å².